The molecule has 1 amide bonds. The van der Waals surface area contributed by atoms with Gasteiger partial charge in [0.15, 0.2) is 12.4 Å². The summed E-state index contributed by atoms with van der Waals surface area (Å²) in [6.07, 6.45) is -4.64. The van der Waals surface area contributed by atoms with E-state index in [1.807, 2.05) is 12.1 Å². The second-order valence-electron chi connectivity index (χ2n) is 7.31. The Kier molecular flexibility index (Phi) is 6.48. The van der Waals surface area contributed by atoms with Crippen molar-refractivity contribution in [3.8, 4) is 5.75 Å². The molecule has 0 aliphatic rings. The Balaban J connectivity index is 1.89. The van der Waals surface area contributed by atoms with E-state index in [0.29, 0.717) is 5.75 Å². The van der Waals surface area contributed by atoms with Gasteiger partial charge in [-0.25, -0.2) is 0 Å². The van der Waals surface area contributed by atoms with Gasteiger partial charge in [0, 0.05) is 5.56 Å². The second-order valence-corrected chi connectivity index (χ2v) is 7.31. The summed E-state index contributed by atoms with van der Waals surface area (Å²) in [7, 11) is 0. The van der Waals surface area contributed by atoms with Gasteiger partial charge in [-0.3, -0.25) is 9.59 Å². The van der Waals surface area contributed by atoms with Crippen LogP contribution in [-0.2, 0) is 16.4 Å². The number of ketones is 1. The van der Waals surface area contributed by atoms with Crippen molar-refractivity contribution in [1.29, 1.82) is 0 Å². The van der Waals surface area contributed by atoms with Crippen molar-refractivity contribution in [2.24, 2.45) is 0 Å². The number of carbonyl (C=O) groups is 2. The molecule has 2 aromatic rings. The Hall–Kier alpha value is -2.83. The van der Waals surface area contributed by atoms with Crippen molar-refractivity contribution in [2.75, 3.05) is 13.2 Å². The lowest BCUT2D eigenvalue weighted by atomic mass is 9.87. The largest absolute Gasteiger partial charge is 0.484 e. The topological polar surface area (TPSA) is 55.4 Å². The van der Waals surface area contributed by atoms with Gasteiger partial charge in [-0.2, -0.15) is 13.2 Å². The first-order chi connectivity index (χ1) is 13.0. The van der Waals surface area contributed by atoms with Gasteiger partial charge in [-0.1, -0.05) is 51.1 Å². The standard InChI is InChI=1S/C21H22F3NO3/c1-20(2,3)14-8-10-15(11-9-14)28-13-19(27)25-12-18(26)16-6-4-5-7-17(16)21(22,23)24/h4-11H,12-13H2,1-3H3,(H,25,27). The smallest absolute Gasteiger partial charge is 0.417 e. The van der Waals surface area contributed by atoms with Crippen LogP contribution < -0.4 is 10.1 Å². The number of ether oxygens (including phenoxy) is 1. The van der Waals surface area contributed by atoms with E-state index in [1.54, 1.807) is 12.1 Å². The van der Waals surface area contributed by atoms with Crippen LogP contribution in [0.15, 0.2) is 48.5 Å². The fraction of sp³-hybridized carbons (Fsp3) is 0.333. The van der Waals surface area contributed by atoms with Crippen LogP contribution in [-0.4, -0.2) is 24.8 Å². The first-order valence-electron chi connectivity index (χ1n) is 8.68. The first kappa shape index (κ1) is 21.5. The van der Waals surface area contributed by atoms with Gasteiger partial charge in [0.1, 0.15) is 5.75 Å². The van der Waals surface area contributed by atoms with Crippen LogP contribution in [0.1, 0.15) is 42.3 Å². The molecule has 0 bridgehead atoms. The molecule has 0 aliphatic heterocycles. The molecule has 0 saturated heterocycles. The van der Waals surface area contributed by atoms with Crippen molar-refractivity contribution in [3.63, 3.8) is 0 Å². The number of halogens is 3. The van der Waals surface area contributed by atoms with Gasteiger partial charge in [-0.05, 0) is 29.2 Å². The molecule has 0 spiro atoms. The van der Waals surface area contributed by atoms with Crippen LogP contribution in [0.25, 0.3) is 0 Å². The molecule has 0 radical (unpaired) electrons. The Morgan fingerprint density at radius 2 is 1.57 bits per heavy atom. The maximum atomic E-state index is 13.0. The molecule has 1 N–H and O–H groups in total. The highest BCUT2D eigenvalue weighted by Crippen LogP contribution is 2.32. The number of Topliss-reactive ketones (excluding diaryl/α,β-unsaturated/α-hetero) is 1. The monoisotopic (exact) mass is 393 g/mol. The third-order valence-corrected chi connectivity index (χ3v) is 4.07. The summed E-state index contributed by atoms with van der Waals surface area (Å²) >= 11 is 0. The Morgan fingerprint density at radius 3 is 2.14 bits per heavy atom. The van der Waals surface area contributed by atoms with E-state index >= 15 is 0 Å². The summed E-state index contributed by atoms with van der Waals surface area (Å²) in [6, 6.07) is 11.7. The molecule has 150 valence electrons. The fourth-order valence-electron chi connectivity index (χ4n) is 2.50. The van der Waals surface area contributed by atoms with Crippen LogP contribution in [0.4, 0.5) is 13.2 Å². The average molecular weight is 393 g/mol. The van der Waals surface area contributed by atoms with Crippen LogP contribution in [0.5, 0.6) is 5.75 Å². The number of rotatable bonds is 6. The summed E-state index contributed by atoms with van der Waals surface area (Å²) in [5, 5.41) is 2.28. The van der Waals surface area contributed by atoms with Gasteiger partial charge in [0.05, 0.1) is 12.1 Å². The predicted molar refractivity (Wildman–Crippen MR) is 99.4 cm³/mol. The third-order valence-electron chi connectivity index (χ3n) is 4.07. The van der Waals surface area contributed by atoms with Crippen LogP contribution in [0.3, 0.4) is 0 Å². The minimum Gasteiger partial charge on any atom is -0.484 e. The summed E-state index contributed by atoms with van der Waals surface area (Å²) in [4.78, 5) is 23.9. The van der Waals surface area contributed by atoms with Gasteiger partial charge in [0.2, 0.25) is 0 Å². The predicted octanol–water partition coefficient (Wildman–Crippen LogP) is 4.38. The lowest BCUT2D eigenvalue weighted by Gasteiger charge is -2.19. The second kappa shape index (κ2) is 8.46. The minimum absolute atomic E-state index is 0.0109. The highest BCUT2D eigenvalue weighted by atomic mass is 19.4. The molecule has 0 atom stereocenters. The molecule has 2 aromatic carbocycles. The molecular formula is C21H22F3NO3. The molecule has 0 fully saturated rings. The normalized spacial score (nSPS) is 11.8. The SMILES string of the molecule is CC(C)(C)c1ccc(OCC(=O)NCC(=O)c2ccccc2C(F)(F)F)cc1. The van der Waals surface area contributed by atoms with Crippen molar-refractivity contribution >= 4 is 11.7 Å². The van der Waals surface area contributed by atoms with Crippen LogP contribution in [0.2, 0.25) is 0 Å². The molecule has 0 unspecified atom stereocenters. The van der Waals surface area contributed by atoms with E-state index in [-0.39, 0.29) is 12.0 Å². The zero-order valence-electron chi connectivity index (χ0n) is 15.9. The van der Waals surface area contributed by atoms with E-state index in [9.17, 15) is 22.8 Å². The zero-order valence-corrected chi connectivity index (χ0v) is 15.9. The third kappa shape index (κ3) is 5.84. The van der Waals surface area contributed by atoms with Crippen LogP contribution in [0, 0.1) is 0 Å². The maximum absolute atomic E-state index is 13.0. The number of hydrogen-bond acceptors (Lipinski definition) is 3. The minimum atomic E-state index is -4.64. The van der Waals surface area contributed by atoms with E-state index in [4.69, 9.17) is 4.74 Å². The van der Waals surface area contributed by atoms with E-state index in [0.717, 1.165) is 17.7 Å². The number of nitrogens with one attached hydrogen (secondary N) is 1. The van der Waals surface area contributed by atoms with Crippen molar-refractivity contribution in [3.05, 3.63) is 65.2 Å². The van der Waals surface area contributed by atoms with E-state index in [1.165, 1.54) is 12.1 Å². The lowest BCUT2D eigenvalue weighted by Crippen LogP contribution is -2.34. The highest BCUT2D eigenvalue weighted by Gasteiger charge is 2.34. The van der Waals surface area contributed by atoms with Crippen LogP contribution >= 0.6 is 0 Å². The number of alkyl halides is 3. The Morgan fingerprint density at radius 1 is 0.964 bits per heavy atom. The average Bonchev–Trinajstić information content (AvgIpc) is 2.63. The number of carbonyl (C=O) groups excluding carboxylic acids is 2. The summed E-state index contributed by atoms with van der Waals surface area (Å²) in [5.41, 5.74) is -0.403. The molecular weight excluding hydrogens is 371 g/mol. The summed E-state index contributed by atoms with van der Waals surface area (Å²) in [5.74, 6) is -0.939. The molecule has 4 nitrogen and oxygen atoms in total. The fourth-order valence-corrected chi connectivity index (χ4v) is 2.50. The van der Waals surface area contributed by atoms with Gasteiger partial charge in [0.25, 0.3) is 5.91 Å². The Labute approximate surface area is 161 Å². The van der Waals surface area contributed by atoms with E-state index < -0.39 is 35.5 Å². The molecule has 0 heterocycles. The number of hydrogen-bond donors (Lipinski definition) is 1. The van der Waals surface area contributed by atoms with Gasteiger partial charge < -0.3 is 10.1 Å². The zero-order chi connectivity index (χ0) is 20.9. The molecule has 0 aromatic heterocycles. The number of amides is 1. The Bertz CT molecular complexity index is 837. The molecule has 28 heavy (non-hydrogen) atoms. The lowest BCUT2D eigenvalue weighted by molar-refractivity contribution is -0.137. The van der Waals surface area contributed by atoms with Crippen molar-refractivity contribution < 1.29 is 27.5 Å². The quantitative estimate of drug-likeness (QED) is 0.741. The molecule has 7 heteroatoms. The first-order valence-corrected chi connectivity index (χ1v) is 8.68. The molecule has 2 rings (SSSR count). The number of benzene rings is 2. The van der Waals surface area contributed by atoms with Gasteiger partial charge in [-0.15, -0.1) is 0 Å². The van der Waals surface area contributed by atoms with E-state index in [2.05, 4.69) is 26.1 Å². The van der Waals surface area contributed by atoms with Crippen molar-refractivity contribution in [1.82, 2.24) is 5.32 Å². The van der Waals surface area contributed by atoms with Crippen molar-refractivity contribution in [2.45, 2.75) is 32.4 Å². The maximum Gasteiger partial charge on any atom is 0.417 e. The summed E-state index contributed by atoms with van der Waals surface area (Å²) < 4.78 is 44.2. The summed E-state index contributed by atoms with van der Waals surface area (Å²) in [6.45, 7) is 5.33. The highest BCUT2D eigenvalue weighted by molar-refractivity contribution is 6.00. The molecule has 0 saturated carbocycles. The van der Waals surface area contributed by atoms with Gasteiger partial charge >= 0.3 is 6.18 Å². The molecule has 0 aliphatic carbocycles.